The standard InChI is InChI=1S/C23H31ClN4O3/c1-15-20(24)16(2)28(25-15)19-9-7-17(8-10-19)21(29)26(6)18-11-13-27(14-12-18)22(30)31-23(3,4)5/h7-10,18H,11-14H2,1-6H3. The van der Waals surface area contributed by atoms with Crippen LogP contribution in [0.2, 0.25) is 5.02 Å². The van der Waals surface area contributed by atoms with E-state index in [2.05, 4.69) is 5.10 Å². The molecule has 31 heavy (non-hydrogen) atoms. The molecular weight excluding hydrogens is 416 g/mol. The van der Waals surface area contributed by atoms with Crippen molar-refractivity contribution in [2.24, 2.45) is 0 Å². The van der Waals surface area contributed by atoms with Gasteiger partial charge in [-0.05, 0) is 71.7 Å². The van der Waals surface area contributed by atoms with E-state index in [9.17, 15) is 9.59 Å². The monoisotopic (exact) mass is 446 g/mol. The van der Waals surface area contributed by atoms with Crippen LogP contribution in [-0.2, 0) is 4.74 Å². The number of ether oxygens (including phenoxy) is 1. The van der Waals surface area contributed by atoms with Crippen molar-refractivity contribution in [3.05, 3.63) is 46.2 Å². The van der Waals surface area contributed by atoms with Gasteiger partial charge in [0, 0.05) is 31.7 Å². The van der Waals surface area contributed by atoms with E-state index in [0.717, 1.165) is 29.9 Å². The summed E-state index contributed by atoms with van der Waals surface area (Å²) in [4.78, 5) is 28.7. The molecule has 2 heterocycles. The van der Waals surface area contributed by atoms with Gasteiger partial charge in [0.25, 0.3) is 5.91 Å². The number of hydrogen-bond acceptors (Lipinski definition) is 4. The van der Waals surface area contributed by atoms with Gasteiger partial charge in [-0.1, -0.05) is 11.6 Å². The molecule has 168 valence electrons. The van der Waals surface area contributed by atoms with Crippen LogP contribution in [0.3, 0.4) is 0 Å². The van der Waals surface area contributed by atoms with E-state index in [0.29, 0.717) is 23.7 Å². The Hall–Kier alpha value is -2.54. The predicted octanol–water partition coefficient (Wildman–Crippen LogP) is 4.61. The highest BCUT2D eigenvalue weighted by Gasteiger charge is 2.30. The number of aromatic nitrogens is 2. The van der Waals surface area contributed by atoms with Gasteiger partial charge in [-0.3, -0.25) is 4.79 Å². The Morgan fingerprint density at radius 2 is 1.71 bits per heavy atom. The van der Waals surface area contributed by atoms with E-state index in [-0.39, 0.29) is 18.0 Å². The number of carbonyl (C=O) groups excluding carboxylic acids is 2. The first-order valence-corrected chi connectivity index (χ1v) is 10.9. The molecule has 1 aliphatic rings. The zero-order valence-electron chi connectivity index (χ0n) is 19.1. The van der Waals surface area contributed by atoms with Crippen LogP contribution in [-0.4, -0.2) is 63.4 Å². The summed E-state index contributed by atoms with van der Waals surface area (Å²) in [5.74, 6) is -0.0336. The lowest BCUT2D eigenvalue weighted by Gasteiger charge is -2.37. The Labute approximate surface area is 188 Å². The Balaban J connectivity index is 1.62. The molecule has 0 spiro atoms. The number of halogens is 1. The zero-order valence-corrected chi connectivity index (χ0v) is 19.9. The number of amides is 2. The summed E-state index contributed by atoms with van der Waals surface area (Å²) in [7, 11) is 1.82. The molecule has 0 unspecified atom stereocenters. The fourth-order valence-corrected chi connectivity index (χ4v) is 3.87. The number of nitrogens with zero attached hydrogens (tertiary/aromatic N) is 4. The van der Waals surface area contributed by atoms with Gasteiger partial charge in [0.05, 0.1) is 22.1 Å². The molecule has 0 saturated carbocycles. The second kappa shape index (κ2) is 8.91. The van der Waals surface area contributed by atoms with Gasteiger partial charge in [0.15, 0.2) is 0 Å². The number of rotatable bonds is 3. The molecule has 3 rings (SSSR count). The van der Waals surface area contributed by atoms with Gasteiger partial charge in [-0.15, -0.1) is 0 Å². The summed E-state index contributed by atoms with van der Waals surface area (Å²) in [6.45, 7) is 10.5. The van der Waals surface area contributed by atoms with Crippen LogP contribution in [0.15, 0.2) is 24.3 Å². The van der Waals surface area contributed by atoms with Crippen LogP contribution in [0, 0.1) is 13.8 Å². The molecule has 1 aromatic heterocycles. The summed E-state index contributed by atoms with van der Waals surface area (Å²) in [6.07, 6.45) is 1.16. The molecule has 0 bridgehead atoms. The smallest absolute Gasteiger partial charge is 0.410 e. The van der Waals surface area contributed by atoms with Crippen molar-refractivity contribution in [1.82, 2.24) is 19.6 Å². The maximum atomic E-state index is 13.0. The van der Waals surface area contributed by atoms with Crippen LogP contribution in [0.1, 0.15) is 55.4 Å². The third kappa shape index (κ3) is 5.21. The van der Waals surface area contributed by atoms with Crippen molar-refractivity contribution in [2.75, 3.05) is 20.1 Å². The summed E-state index contributed by atoms with van der Waals surface area (Å²) in [5.41, 5.74) is 2.61. The van der Waals surface area contributed by atoms with E-state index in [1.807, 2.05) is 65.9 Å². The van der Waals surface area contributed by atoms with Crippen LogP contribution in [0.5, 0.6) is 0 Å². The Morgan fingerprint density at radius 1 is 1.13 bits per heavy atom. The molecule has 1 fully saturated rings. The fraction of sp³-hybridized carbons (Fsp3) is 0.522. The molecule has 2 amide bonds. The normalized spacial score (nSPS) is 15.1. The molecule has 1 aliphatic heterocycles. The number of hydrogen-bond donors (Lipinski definition) is 0. The molecular formula is C23H31ClN4O3. The topological polar surface area (TPSA) is 67.7 Å². The first-order valence-electron chi connectivity index (χ1n) is 10.5. The van der Waals surface area contributed by atoms with Crippen LogP contribution in [0.25, 0.3) is 5.69 Å². The maximum Gasteiger partial charge on any atom is 0.410 e. The van der Waals surface area contributed by atoms with Gasteiger partial charge in [0.2, 0.25) is 0 Å². The second-order valence-corrected chi connectivity index (χ2v) is 9.44. The summed E-state index contributed by atoms with van der Waals surface area (Å²) in [5, 5.41) is 5.10. The van der Waals surface area contributed by atoms with E-state index < -0.39 is 5.60 Å². The average molecular weight is 447 g/mol. The minimum atomic E-state index is -0.508. The van der Waals surface area contributed by atoms with E-state index in [4.69, 9.17) is 16.3 Å². The third-order valence-electron chi connectivity index (χ3n) is 5.55. The lowest BCUT2D eigenvalue weighted by atomic mass is 10.0. The number of piperidine rings is 1. The molecule has 1 saturated heterocycles. The number of benzene rings is 1. The number of carbonyl (C=O) groups is 2. The Morgan fingerprint density at radius 3 is 2.19 bits per heavy atom. The summed E-state index contributed by atoms with van der Waals surface area (Å²) in [6, 6.07) is 7.47. The lowest BCUT2D eigenvalue weighted by molar-refractivity contribution is 0.0160. The molecule has 7 nitrogen and oxygen atoms in total. The summed E-state index contributed by atoms with van der Waals surface area (Å²) < 4.78 is 7.23. The molecule has 2 aromatic rings. The lowest BCUT2D eigenvalue weighted by Crippen LogP contribution is -2.48. The van der Waals surface area contributed by atoms with Gasteiger partial charge >= 0.3 is 6.09 Å². The van der Waals surface area contributed by atoms with Crippen molar-refractivity contribution in [2.45, 2.75) is 59.1 Å². The second-order valence-electron chi connectivity index (χ2n) is 9.06. The maximum absolute atomic E-state index is 13.0. The average Bonchev–Trinajstić information content (AvgIpc) is 2.99. The number of likely N-dealkylation sites (tertiary alicyclic amines) is 1. The van der Waals surface area contributed by atoms with Gasteiger partial charge in [-0.2, -0.15) is 5.10 Å². The van der Waals surface area contributed by atoms with Crippen LogP contribution < -0.4 is 0 Å². The predicted molar refractivity (Wildman–Crippen MR) is 121 cm³/mol. The SMILES string of the molecule is Cc1nn(-c2ccc(C(=O)N(C)C3CCN(C(=O)OC(C)(C)C)CC3)cc2)c(C)c1Cl. The van der Waals surface area contributed by atoms with Crippen molar-refractivity contribution >= 4 is 23.6 Å². The molecule has 0 radical (unpaired) electrons. The fourth-order valence-electron chi connectivity index (χ4n) is 3.75. The van der Waals surface area contributed by atoms with E-state index >= 15 is 0 Å². The van der Waals surface area contributed by atoms with Gasteiger partial charge < -0.3 is 14.5 Å². The zero-order chi connectivity index (χ0) is 22.9. The largest absolute Gasteiger partial charge is 0.444 e. The highest BCUT2D eigenvalue weighted by molar-refractivity contribution is 6.31. The first kappa shape index (κ1) is 23.1. The molecule has 1 aromatic carbocycles. The Bertz CT molecular complexity index is 954. The first-order chi connectivity index (χ1) is 14.5. The van der Waals surface area contributed by atoms with Crippen molar-refractivity contribution in [1.29, 1.82) is 0 Å². The van der Waals surface area contributed by atoms with Crippen LogP contribution in [0.4, 0.5) is 4.79 Å². The minimum Gasteiger partial charge on any atom is -0.444 e. The van der Waals surface area contributed by atoms with Gasteiger partial charge in [0.1, 0.15) is 5.60 Å². The molecule has 0 aliphatic carbocycles. The Kier molecular flexibility index (Phi) is 6.65. The minimum absolute atomic E-state index is 0.0336. The molecule has 8 heteroatoms. The highest BCUT2D eigenvalue weighted by Crippen LogP contribution is 2.24. The highest BCUT2D eigenvalue weighted by atomic mass is 35.5. The van der Waals surface area contributed by atoms with Gasteiger partial charge in [-0.25, -0.2) is 9.48 Å². The van der Waals surface area contributed by atoms with Crippen molar-refractivity contribution in [3.8, 4) is 5.69 Å². The summed E-state index contributed by atoms with van der Waals surface area (Å²) >= 11 is 6.24. The molecule has 0 atom stereocenters. The quantitative estimate of drug-likeness (QED) is 0.690. The molecule has 0 N–H and O–H groups in total. The van der Waals surface area contributed by atoms with E-state index in [1.165, 1.54) is 0 Å². The third-order valence-corrected chi connectivity index (χ3v) is 6.09. The number of aryl methyl sites for hydroxylation is 1. The van der Waals surface area contributed by atoms with E-state index in [1.54, 1.807) is 14.5 Å². The van der Waals surface area contributed by atoms with Crippen molar-refractivity contribution < 1.29 is 14.3 Å². The van der Waals surface area contributed by atoms with Crippen molar-refractivity contribution in [3.63, 3.8) is 0 Å². The van der Waals surface area contributed by atoms with Crippen LogP contribution >= 0.6 is 11.6 Å².